The molecule has 1 aromatic carbocycles. The van der Waals surface area contributed by atoms with Gasteiger partial charge in [-0.15, -0.1) is 11.3 Å². The second-order valence-electron chi connectivity index (χ2n) is 6.25. The second kappa shape index (κ2) is 6.76. The molecular formula is C19H19N5OS. The maximum absolute atomic E-state index is 12.7. The number of thiophene rings is 1. The van der Waals surface area contributed by atoms with Crippen LogP contribution in [0.2, 0.25) is 0 Å². The molecule has 0 aliphatic carbocycles. The van der Waals surface area contributed by atoms with Crippen LogP contribution in [0.15, 0.2) is 54.2 Å². The number of carbonyl (C=O) groups is 1. The van der Waals surface area contributed by atoms with E-state index in [1.165, 1.54) is 0 Å². The van der Waals surface area contributed by atoms with Gasteiger partial charge < -0.3 is 9.47 Å². The Morgan fingerprint density at radius 2 is 2.15 bits per heavy atom. The van der Waals surface area contributed by atoms with Gasteiger partial charge in [-0.25, -0.2) is 4.98 Å². The van der Waals surface area contributed by atoms with E-state index in [9.17, 15) is 4.79 Å². The molecule has 0 spiro atoms. The third-order valence-corrected chi connectivity index (χ3v) is 5.62. The van der Waals surface area contributed by atoms with E-state index in [-0.39, 0.29) is 11.9 Å². The van der Waals surface area contributed by atoms with Crippen LogP contribution in [-0.4, -0.2) is 37.6 Å². The highest BCUT2D eigenvalue weighted by atomic mass is 32.1. The Morgan fingerprint density at radius 3 is 2.96 bits per heavy atom. The fraction of sp³-hybridized carbons (Fsp3) is 0.211. The van der Waals surface area contributed by atoms with Crippen molar-refractivity contribution >= 4 is 28.3 Å². The zero-order valence-electron chi connectivity index (χ0n) is 14.6. The maximum Gasteiger partial charge on any atom is 0.274 e. The third kappa shape index (κ3) is 3.01. The molecule has 26 heavy (non-hydrogen) atoms. The number of nitrogens with zero attached hydrogens (tertiary/aromatic N) is 4. The Morgan fingerprint density at radius 1 is 1.31 bits per heavy atom. The van der Waals surface area contributed by atoms with Crippen molar-refractivity contribution in [2.24, 2.45) is 0 Å². The summed E-state index contributed by atoms with van der Waals surface area (Å²) in [4.78, 5) is 20.0. The number of fused-ring (bicyclic) bond motifs is 1. The van der Waals surface area contributed by atoms with Gasteiger partial charge in [0.25, 0.3) is 5.91 Å². The van der Waals surface area contributed by atoms with E-state index < -0.39 is 0 Å². The normalized spacial score (nSPS) is 12.4. The largest absolute Gasteiger partial charge is 0.333 e. The monoisotopic (exact) mass is 365 g/mol. The van der Waals surface area contributed by atoms with Crippen molar-refractivity contribution in [1.82, 2.24) is 24.6 Å². The number of H-pyrrole nitrogens is 1. The predicted molar refractivity (Wildman–Crippen MR) is 102 cm³/mol. The molecule has 4 rings (SSSR count). The average molecular weight is 365 g/mol. The molecule has 0 aliphatic heterocycles. The van der Waals surface area contributed by atoms with Crippen molar-refractivity contribution < 1.29 is 4.79 Å². The van der Waals surface area contributed by atoms with Gasteiger partial charge in [0.2, 0.25) is 0 Å². The highest BCUT2D eigenvalue weighted by Crippen LogP contribution is 2.24. The van der Waals surface area contributed by atoms with Crippen LogP contribution in [0.3, 0.4) is 0 Å². The topological polar surface area (TPSA) is 66.8 Å². The molecule has 4 aromatic rings. The summed E-state index contributed by atoms with van der Waals surface area (Å²) in [6.45, 7) is 2.61. The molecule has 0 saturated carbocycles. The molecule has 1 atom stereocenters. The minimum absolute atomic E-state index is 0.0141. The molecule has 132 valence electrons. The van der Waals surface area contributed by atoms with Crippen LogP contribution in [0.25, 0.3) is 11.0 Å². The first-order valence-electron chi connectivity index (χ1n) is 8.38. The zero-order chi connectivity index (χ0) is 18.1. The van der Waals surface area contributed by atoms with Gasteiger partial charge in [-0.1, -0.05) is 18.2 Å². The molecule has 1 amide bonds. The quantitative estimate of drug-likeness (QED) is 0.586. The van der Waals surface area contributed by atoms with Crippen molar-refractivity contribution in [3.63, 3.8) is 0 Å². The number of hydrogen-bond acceptors (Lipinski definition) is 4. The van der Waals surface area contributed by atoms with Gasteiger partial charge in [0, 0.05) is 11.9 Å². The highest BCUT2D eigenvalue weighted by molar-refractivity contribution is 7.10. The van der Waals surface area contributed by atoms with E-state index in [0.717, 1.165) is 21.6 Å². The number of benzene rings is 1. The lowest BCUT2D eigenvalue weighted by molar-refractivity contribution is 0.0739. The number of carbonyl (C=O) groups excluding carboxylic acids is 1. The van der Waals surface area contributed by atoms with Crippen molar-refractivity contribution in [2.75, 3.05) is 7.05 Å². The molecule has 0 unspecified atom stereocenters. The lowest BCUT2D eigenvalue weighted by Crippen LogP contribution is -2.29. The SMILES string of the molecule is C[C@@H](c1cccs1)N(C)C(=O)c1cc(Cn2cnc3ccccc32)[nH]n1. The van der Waals surface area contributed by atoms with Crippen LogP contribution in [0.4, 0.5) is 0 Å². The van der Waals surface area contributed by atoms with Crippen molar-refractivity contribution in [2.45, 2.75) is 19.5 Å². The first kappa shape index (κ1) is 16.5. The van der Waals surface area contributed by atoms with Crippen LogP contribution < -0.4 is 0 Å². The minimum atomic E-state index is -0.0936. The second-order valence-corrected chi connectivity index (χ2v) is 7.23. The summed E-state index contributed by atoms with van der Waals surface area (Å²) < 4.78 is 2.04. The van der Waals surface area contributed by atoms with Gasteiger partial charge in [-0.3, -0.25) is 9.89 Å². The summed E-state index contributed by atoms with van der Waals surface area (Å²) in [6, 6.07) is 13.8. The molecule has 0 fully saturated rings. The van der Waals surface area contributed by atoms with E-state index in [0.29, 0.717) is 12.2 Å². The Hall–Kier alpha value is -2.93. The number of aromatic nitrogens is 4. The van der Waals surface area contributed by atoms with E-state index in [2.05, 4.69) is 15.2 Å². The number of hydrogen-bond donors (Lipinski definition) is 1. The summed E-state index contributed by atoms with van der Waals surface area (Å²) in [6.07, 6.45) is 1.80. The van der Waals surface area contributed by atoms with Gasteiger partial charge in [-0.2, -0.15) is 5.10 Å². The smallest absolute Gasteiger partial charge is 0.274 e. The van der Waals surface area contributed by atoms with Gasteiger partial charge in [0.1, 0.15) is 5.69 Å². The maximum atomic E-state index is 12.7. The first-order valence-corrected chi connectivity index (χ1v) is 9.26. The molecule has 0 saturated heterocycles. The average Bonchev–Trinajstić information content (AvgIpc) is 3.41. The molecule has 7 heteroatoms. The number of aromatic amines is 1. The lowest BCUT2D eigenvalue weighted by atomic mass is 10.2. The van der Waals surface area contributed by atoms with Gasteiger partial charge in [0.15, 0.2) is 0 Å². The fourth-order valence-electron chi connectivity index (χ4n) is 2.95. The molecule has 1 N–H and O–H groups in total. The first-order chi connectivity index (χ1) is 12.6. The molecular weight excluding hydrogens is 346 g/mol. The van der Waals surface area contributed by atoms with Gasteiger partial charge in [-0.05, 0) is 36.6 Å². The molecule has 0 bridgehead atoms. The molecule has 3 aromatic heterocycles. The van der Waals surface area contributed by atoms with E-state index in [1.54, 1.807) is 22.6 Å². The Labute approximate surface area is 155 Å². The van der Waals surface area contributed by atoms with E-state index >= 15 is 0 Å². The van der Waals surface area contributed by atoms with Crippen molar-refractivity contribution in [3.05, 3.63) is 70.4 Å². The molecule has 3 heterocycles. The van der Waals surface area contributed by atoms with Crippen molar-refractivity contribution in [1.29, 1.82) is 0 Å². The Bertz CT molecular complexity index is 1030. The van der Waals surface area contributed by atoms with Gasteiger partial charge in [0.05, 0.1) is 35.6 Å². The Kier molecular flexibility index (Phi) is 4.30. The van der Waals surface area contributed by atoms with Gasteiger partial charge >= 0.3 is 0 Å². The number of nitrogens with one attached hydrogen (secondary N) is 1. The molecule has 0 aliphatic rings. The van der Waals surface area contributed by atoms with Crippen molar-refractivity contribution in [3.8, 4) is 0 Å². The number of para-hydroxylation sites is 2. The molecule has 0 radical (unpaired) electrons. The number of rotatable bonds is 5. The van der Waals surface area contributed by atoms with Crippen LogP contribution >= 0.6 is 11.3 Å². The zero-order valence-corrected chi connectivity index (χ0v) is 15.4. The summed E-state index contributed by atoms with van der Waals surface area (Å²) in [5, 5.41) is 9.21. The summed E-state index contributed by atoms with van der Waals surface area (Å²) >= 11 is 1.65. The predicted octanol–water partition coefficient (Wildman–Crippen LogP) is 3.70. The number of imidazole rings is 1. The summed E-state index contributed by atoms with van der Waals surface area (Å²) in [5.74, 6) is -0.0936. The molecule has 6 nitrogen and oxygen atoms in total. The van der Waals surface area contributed by atoms with Crippen LogP contribution in [0, 0.1) is 0 Å². The Balaban J connectivity index is 1.51. The summed E-state index contributed by atoms with van der Waals surface area (Å²) in [7, 11) is 1.81. The van der Waals surface area contributed by atoms with Crippen LogP contribution in [0.1, 0.15) is 34.0 Å². The third-order valence-electron chi connectivity index (χ3n) is 4.57. The minimum Gasteiger partial charge on any atom is -0.333 e. The highest BCUT2D eigenvalue weighted by Gasteiger charge is 2.21. The fourth-order valence-corrected chi connectivity index (χ4v) is 3.77. The lowest BCUT2D eigenvalue weighted by Gasteiger charge is -2.23. The van der Waals surface area contributed by atoms with E-state index in [1.807, 2.05) is 66.4 Å². The van der Waals surface area contributed by atoms with Crippen LogP contribution in [0.5, 0.6) is 0 Å². The number of amides is 1. The standard InChI is InChI=1S/C19H19N5OS/c1-13(18-8-5-9-26-18)23(2)19(25)16-10-14(21-22-16)11-24-12-20-15-6-3-4-7-17(15)24/h3-10,12-13H,11H2,1-2H3,(H,21,22)/t13-/m0/s1. The van der Waals surface area contributed by atoms with E-state index in [4.69, 9.17) is 0 Å². The van der Waals surface area contributed by atoms with Crippen LogP contribution in [-0.2, 0) is 6.54 Å². The summed E-state index contributed by atoms with van der Waals surface area (Å²) in [5.41, 5.74) is 3.30.